The van der Waals surface area contributed by atoms with Gasteiger partial charge in [-0.05, 0) is 25.8 Å². The fourth-order valence-electron chi connectivity index (χ4n) is 2.68. The minimum atomic E-state index is -2.95. The molecule has 1 aromatic carbocycles. The summed E-state index contributed by atoms with van der Waals surface area (Å²) in [7, 11) is 1.38. The van der Waals surface area contributed by atoms with Gasteiger partial charge in [0.2, 0.25) is 6.79 Å². The summed E-state index contributed by atoms with van der Waals surface area (Å²) in [6.45, 7) is 0.450. The van der Waals surface area contributed by atoms with Gasteiger partial charge in [-0.25, -0.2) is 4.99 Å². The third-order valence-corrected chi connectivity index (χ3v) is 4.10. The second-order valence-corrected chi connectivity index (χ2v) is 6.20. The van der Waals surface area contributed by atoms with Gasteiger partial charge in [-0.3, -0.25) is 4.79 Å². The van der Waals surface area contributed by atoms with Crippen molar-refractivity contribution in [1.82, 2.24) is 10.6 Å². The zero-order chi connectivity index (χ0) is 21.1. The minimum Gasteiger partial charge on any atom is -0.469 e. The summed E-state index contributed by atoms with van der Waals surface area (Å²) in [5, 5.41) is 6.29. The lowest BCUT2D eigenvalue weighted by Gasteiger charge is -2.13. The van der Waals surface area contributed by atoms with Gasteiger partial charge >= 0.3 is 12.6 Å². The van der Waals surface area contributed by atoms with Crippen LogP contribution in [0.1, 0.15) is 38.2 Å². The Morgan fingerprint density at radius 2 is 1.93 bits per heavy atom. The van der Waals surface area contributed by atoms with Gasteiger partial charge in [0.05, 0.1) is 13.7 Å². The number of guanidine groups is 1. The van der Waals surface area contributed by atoms with Crippen LogP contribution in [0.2, 0.25) is 0 Å². The standard InChI is InChI=1S/C19H27F2N3O5.HI/c1-3-22-19(23-8-6-4-5-7-17(25)26-2)24-11-13-9-15-16(28-12-27-15)10-14(13)29-18(20)21;/h9-10,18H,3-8,11-12H2,1-2H3,(H2,22,23,24);1H. The van der Waals surface area contributed by atoms with Gasteiger partial charge in [0.1, 0.15) is 5.75 Å². The number of esters is 1. The van der Waals surface area contributed by atoms with E-state index in [0.717, 1.165) is 19.3 Å². The number of fused-ring (bicyclic) bond motifs is 1. The number of rotatable bonds is 11. The molecule has 0 unspecified atom stereocenters. The average Bonchev–Trinajstić information content (AvgIpc) is 3.14. The van der Waals surface area contributed by atoms with Crippen LogP contribution in [0.4, 0.5) is 8.78 Å². The zero-order valence-electron chi connectivity index (χ0n) is 17.0. The van der Waals surface area contributed by atoms with Crippen molar-refractivity contribution >= 4 is 35.9 Å². The number of hydrogen-bond acceptors (Lipinski definition) is 6. The molecule has 2 rings (SSSR count). The van der Waals surface area contributed by atoms with Crippen LogP contribution in [0.15, 0.2) is 17.1 Å². The molecule has 1 aromatic rings. The molecule has 1 aliphatic rings. The van der Waals surface area contributed by atoms with E-state index in [0.29, 0.717) is 42.5 Å². The van der Waals surface area contributed by atoms with Crippen LogP contribution < -0.4 is 24.8 Å². The second kappa shape index (κ2) is 14.0. The first kappa shape index (κ1) is 26.0. The summed E-state index contributed by atoms with van der Waals surface area (Å²) in [4.78, 5) is 15.5. The lowest BCUT2D eigenvalue weighted by molar-refractivity contribution is -0.140. The molecule has 11 heteroatoms. The van der Waals surface area contributed by atoms with Crippen molar-refractivity contribution in [3.63, 3.8) is 0 Å². The molecule has 0 spiro atoms. The third kappa shape index (κ3) is 8.76. The molecular weight excluding hydrogens is 515 g/mol. The molecule has 0 saturated heterocycles. The number of nitrogens with zero attached hydrogens (tertiary/aromatic N) is 1. The van der Waals surface area contributed by atoms with E-state index in [2.05, 4.69) is 25.1 Å². The Bertz CT molecular complexity index is 707. The Morgan fingerprint density at radius 3 is 2.60 bits per heavy atom. The summed E-state index contributed by atoms with van der Waals surface area (Å²) in [5.74, 6) is 1.19. The molecule has 0 amide bonds. The first-order valence-corrected chi connectivity index (χ1v) is 9.49. The Hall–Kier alpha value is -2.05. The number of unbranched alkanes of at least 4 members (excludes halogenated alkanes) is 2. The molecule has 0 fully saturated rings. The van der Waals surface area contributed by atoms with E-state index in [1.165, 1.54) is 13.2 Å². The van der Waals surface area contributed by atoms with Gasteiger partial charge in [0.25, 0.3) is 0 Å². The molecule has 0 atom stereocenters. The van der Waals surface area contributed by atoms with Crippen molar-refractivity contribution < 1.29 is 32.5 Å². The van der Waals surface area contributed by atoms with E-state index in [1.54, 1.807) is 6.07 Å². The van der Waals surface area contributed by atoms with Crippen molar-refractivity contribution in [2.75, 3.05) is 27.0 Å². The maximum Gasteiger partial charge on any atom is 0.387 e. The van der Waals surface area contributed by atoms with Gasteiger partial charge in [-0.2, -0.15) is 8.78 Å². The van der Waals surface area contributed by atoms with E-state index in [1.807, 2.05) is 6.92 Å². The highest BCUT2D eigenvalue weighted by molar-refractivity contribution is 14.0. The van der Waals surface area contributed by atoms with E-state index < -0.39 is 6.61 Å². The molecule has 0 bridgehead atoms. The molecular formula is C19H28F2IN3O5. The van der Waals surface area contributed by atoms with Gasteiger partial charge in [0, 0.05) is 31.1 Å². The number of ether oxygens (including phenoxy) is 4. The molecule has 2 N–H and O–H groups in total. The number of hydrogen-bond donors (Lipinski definition) is 2. The zero-order valence-corrected chi connectivity index (χ0v) is 19.4. The number of carbonyl (C=O) groups excluding carboxylic acids is 1. The number of nitrogens with one attached hydrogen (secondary N) is 2. The fourth-order valence-corrected chi connectivity index (χ4v) is 2.68. The number of carbonyl (C=O) groups is 1. The Morgan fingerprint density at radius 1 is 1.20 bits per heavy atom. The SMILES string of the molecule is CCNC(=NCc1cc2c(cc1OC(F)F)OCO2)NCCCCCC(=O)OC.I. The largest absolute Gasteiger partial charge is 0.469 e. The highest BCUT2D eigenvalue weighted by atomic mass is 127. The molecule has 1 heterocycles. The van der Waals surface area contributed by atoms with E-state index >= 15 is 0 Å². The normalized spacial score (nSPS) is 12.4. The summed E-state index contributed by atoms with van der Waals surface area (Å²) in [5.41, 5.74) is 0.463. The second-order valence-electron chi connectivity index (χ2n) is 6.20. The smallest absolute Gasteiger partial charge is 0.387 e. The van der Waals surface area contributed by atoms with Crippen LogP contribution in [0, 0.1) is 0 Å². The monoisotopic (exact) mass is 543 g/mol. The summed E-state index contributed by atoms with van der Waals surface area (Å²) in [6.07, 6.45) is 2.89. The van der Waals surface area contributed by atoms with Crippen molar-refractivity contribution in [1.29, 1.82) is 0 Å². The molecule has 0 aliphatic carbocycles. The van der Waals surface area contributed by atoms with Crippen molar-refractivity contribution in [3.05, 3.63) is 17.7 Å². The first-order valence-electron chi connectivity index (χ1n) is 9.49. The summed E-state index contributed by atoms with van der Waals surface area (Å²) >= 11 is 0. The van der Waals surface area contributed by atoms with Crippen LogP contribution in [0.25, 0.3) is 0 Å². The minimum absolute atomic E-state index is 0. The lowest BCUT2D eigenvalue weighted by atomic mass is 10.1. The predicted molar refractivity (Wildman–Crippen MR) is 118 cm³/mol. The third-order valence-electron chi connectivity index (χ3n) is 4.10. The average molecular weight is 543 g/mol. The number of methoxy groups -OCH3 is 1. The highest BCUT2D eigenvalue weighted by Gasteiger charge is 2.20. The fraction of sp³-hybridized carbons (Fsp3) is 0.579. The van der Waals surface area contributed by atoms with Crippen LogP contribution in [-0.2, 0) is 16.1 Å². The van der Waals surface area contributed by atoms with Crippen molar-refractivity contribution in [2.45, 2.75) is 45.8 Å². The summed E-state index contributed by atoms with van der Waals surface area (Å²) in [6, 6.07) is 2.99. The number of alkyl halides is 2. The number of aliphatic imine (C=N–C) groups is 1. The van der Waals surface area contributed by atoms with E-state index in [9.17, 15) is 13.6 Å². The molecule has 0 saturated carbocycles. The van der Waals surface area contributed by atoms with E-state index in [-0.39, 0.29) is 49.0 Å². The van der Waals surface area contributed by atoms with Crippen LogP contribution in [-0.4, -0.2) is 45.5 Å². The van der Waals surface area contributed by atoms with Gasteiger partial charge in [-0.1, -0.05) is 6.42 Å². The van der Waals surface area contributed by atoms with Crippen LogP contribution in [0.3, 0.4) is 0 Å². The van der Waals surface area contributed by atoms with Crippen molar-refractivity contribution in [2.24, 2.45) is 4.99 Å². The lowest BCUT2D eigenvalue weighted by Crippen LogP contribution is -2.37. The molecule has 0 aromatic heterocycles. The quantitative estimate of drug-likeness (QED) is 0.145. The van der Waals surface area contributed by atoms with Crippen LogP contribution >= 0.6 is 24.0 Å². The maximum atomic E-state index is 12.7. The van der Waals surface area contributed by atoms with E-state index in [4.69, 9.17) is 9.47 Å². The summed E-state index contributed by atoms with van der Waals surface area (Å²) < 4.78 is 45.2. The number of benzene rings is 1. The Kier molecular flexibility index (Phi) is 12.2. The molecule has 1 aliphatic heterocycles. The maximum absolute atomic E-state index is 12.7. The molecule has 8 nitrogen and oxygen atoms in total. The molecule has 170 valence electrons. The van der Waals surface area contributed by atoms with Gasteiger partial charge in [-0.15, -0.1) is 24.0 Å². The highest BCUT2D eigenvalue weighted by Crippen LogP contribution is 2.39. The first-order chi connectivity index (χ1) is 14.0. The van der Waals surface area contributed by atoms with Crippen molar-refractivity contribution in [3.8, 4) is 17.2 Å². The Labute approximate surface area is 191 Å². The molecule has 0 radical (unpaired) electrons. The Balaban J connectivity index is 0.00000450. The topological polar surface area (TPSA) is 90.4 Å². The predicted octanol–water partition coefficient (Wildman–Crippen LogP) is 3.42. The van der Waals surface area contributed by atoms with Gasteiger partial charge in [0.15, 0.2) is 17.5 Å². The van der Waals surface area contributed by atoms with Gasteiger partial charge < -0.3 is 29.6 Å². The molecule has 30 heavy (non-hydrogen) atoms. The van der Waals surface area contributed by atoms with Crippen LogP contribution in [0.5, 0.6) is 17.2 Å². The number of halogens is 3.